The molecule has 1 unspecified atom stereocenters. The summed E-state index contributed by atoms with van der Waals surface area (Å²) in [4.78, 5) is 0. The molecule has 0 heterocycles. The average molecular weight is 204 g/mol. The lowest BCUT2D eigenvalue weighted by Crippen LogP contribution is -2.24. The Morgan fingerprint density at radius 1 is 1.40 bits per heavy atom. The van der Waals surface area contributed by atoms with Crippen molar-refractivity contribution in [2.45, 2.75) is 45.6 Å². The van der Waals surface area contributed by atoms with Gasteiger partial charge in [0, 0.05) is 0 Å². The Kier molecular flexibility index (Phi) is 2.59. The summed E-state index contributed by atoms with van der Waals surface area (Å²) in [5.41, 5.74) is 3.20. The normalized spacial score (nSPS) is 24.6. The molecule has 1 aromatic rings. The van der Waals surface area contributed by atoms with Gasteiger partial charge in [-0.2, -0.15) is 0 Å². The maximum Gasteiger partial charge on any atom is 0.0904 e. The highest BCUT2D eigenvalue weighted by molar-refractivity contribution is 5.39. The molecule has 0 amide bonds. The third-order valence-electron chi connectivity index (χ3n) is 3.32. The molecule has 1 aromatic carbocycles. The SMILES string of the molecule is Cc1ccc2c(c1)C(O)(CC(C)C)CC2. The second-order valence-electron chi connectivity index (χ2n) is 5.29. The van der Waals surface area contributed by atoms with Crippen molar-refractivity contribution in [1.82, 2.24) is 0 Å². The van der Waals surface area contributed by atoms with Crippen LogP contribution < -0.4 is 0 Å². The molecule has 15 heavy (non-hydrogen) atoms. The first-order valence-corrected chi connectivity index (χ1v) is 5.84. The van der Waals surface area contributed by atoms with E-state index in [1.165, 1.54) is 16.7 Å². The van der Waals surface area contributed by atoms with Crippen molar-refractivity contribution in [3.8, 4) is 0 Å². The second-order valence-corrected chi connectivity index (χ2v) is 5.29. The predicted octanol–water partition coefficient (Wildman–Crippen LogP) is 3.17. The summed E-state index contributed by atoms with van der Waals surface area (Å²) in [5.74, 6) is 0.543. The van der Waals surface area contributed by atoms with Crippen LogP contribution in [0.2, 0.25) is 0 Å². The molecule has 0 saturated carbocycles. The third kappa shape index (κ3) is 1.93. The van der Waals surface area contributed by atoms with Gasteiger partial charge in [-0.05, 0) is 43.2 Å². The second kappa shape index (κ2) is 3.64. The van der Waals surface area contributed by atoms with Crippen LogP contribution >= 0.6 is 0 Å². The smallest absolute Gasteiger partial charge is 0.0904 e. The molecular formula is C14H20O. The molecule has 1 aliphatic carbocycles. The number of rotatable bonds is 2. The zero-order valence-corrected chi connectivity index (χ0v) is 9.88. The maximum absolute atomic E-state index is 10.6. The number of aliphatic hydroxyl groups is 1. The molecule has 0 aromatic heterocycles. The van der Waals surface area contributed by atoms with Gasteiger partial charge in [0.15, 0.2) is 0 Å². The molecule has 0 radical (unpaired) electrons. The molecule has 0 fully saturated rings. The number of hydrogen-bond acceptors (Lipinski definition) is 1. The highest BCUT2D eigenvalue weighted by atomic mass is 16.3. The fourth-order valence-electron chi connectivity index (χ4n) is 2.71. The number of fused-ring (bicyclic) bond motifs is 1. The topological polar surface area (TPSA) is 20.2 Å². The lowest BCUT2D eigenvalue weighted by molar-refractivity contribution is 0.0172. The Labute approximate surface area is 92.1 Å². The lowest BCUT2D eigenvalue weighted by Gasteiger charge is -2.26. The van der Waals surface area contributed by atoms with Gasteiger partial charge in [0.05, 0.1) is 5.60 Å². The first-order chi connectivity index (χ1) is 7.01. The van der Waals surface area contributed by atoms with Crippen LogP contribution in [0.5, 0.6) is 0 Å². The standard InChI is InChI=1S/C14H20O/c1-10(2)9-14(15)7-6-12-5-4-11(3)8-13(12)14/h4-5,8,10,15H,6-7,9H2,1-3H3. The molecule has 1 heteroatoms. The Bertz CT molecular complexity index is 368. The highest BCUT2D eigenvalue weighted by Gasteiger charge is 2.36. The van der Waals surface area contributed by atoms with Gasteiger partial charge < -0.3 is 5.11 Å². The summed E-state index contributed by atoms with van der Waals surface area (Å²) in [6, 6.07) is 6.47. The minimum absolute atomic E-state index is 0.543. The van der Waals surface area contributed by atoms with E-state index in [0.717, 1.165) is 19.3 Å². The van der Waals surface area contributed by atoms with E-state index in [0.29, 0.717) is 5.92 Å². The molecule has 82 valence electrons. The zero-order chi connectivity index (χ0) is 11.1. The highest BCUT2D eigenvalue weighted by Crippen LogP contribution is 2.41. The largest absolute Gasteiger partial charge is 0.385 e. The average Bonchev–Trinajstić information content (AvgIpc) is 2.43. The monoisotopic (exact) mass is 204 g/mol. The van der Waals surface area contributed by atoms with E-state index >= 15 is 0 Å². The fraction of sp³-hybridized carbons (Fsp3) is 0.571. The lowest BCUT2D eigenvalue weighted by atomic mass is 9.86. The van der Waals surface area contributed by atoms with Gasteiger partial charge in [-0.15, -0.1) is 0 Å². The maximum atomic E-state index is 10.6. The van der Waals surface area contributed by atoms with Gasteiger partial charge in [0.2, 0.25) is 0 Å². The van der Waals surface area contributed by atoms with Crippen LogP contribution in [0.4, 0.5) is 0 Å². The molecule has 0 aliphatic heterocycles. The third-order valence-corrected chi connectivity index (χ3v) is 3.32. The summed E-state index contributed by atoms with van der Waals surface area (Å²) >= 11 is 0. The van der Waals surface area contributed by atoms with Gasteiger partial charge in [0.1, 0.15) is 0 Å². The van der Waals surface area contributed by atoms with Crippen LogP contribution in [-0.2, 0) is 12.0 Å². The van der Waals surface area contributed by atoms with E-state index in [2.05, 4.69) is 39.0 Å². The molecule has 0 bridgehead atoms. The number of benzene rings is 1. The van der Waals surface area contributed by atoms with Crippen molar-refractivity contribution in [1.29, 1.82) is 0 Å². The van der Waals surface area contributed by atoms with Gasteiger partial charge in [-0.3, -0.25) is 0 Å². The van der Waals surface area contributed by atoms with Crippen LogP contribution in [0.3, 0.4) is 0 Å². The van der Waals surface area contributed by atoms with Crippen molar-refractivity contribution < 1.29 is 5.11 Å². The molecule has 1 aliphatic rings. The Morgan fingerprint density at radius 3 is 2.80 bits per heavy atom. The molecule has 0 spiro atoms. The van der Waals surface area contributed by atoms with E-state index in [4.69, 9.17) is 0 Å². The van der Waals surface area contributed by atoms with E-state index in [1.54, 1.807) is 0 Å². The van der Waals surface area contributed by atoms with Crippen LogP contribution in [0.25, 0.3) is 0 Å². The van der Waals surface area contributed by atoms with Crippen LogP contribution in [-0.4, -0.2) is 5.11 Å². The van der Waals surface area contributed by atoms with Crippen molar-refractivity contribution in [2.24, 2.45) is 5.92 Å². The number of aryl methyl sites for hydroxylation is 2. The van der Waals surface area contributed by atoms with Gasteiger partial charge in [0.25, 0.3) is 0 Å². The molecule has 1 N–H and O–H groups in total. The molecule has 1 nitrogen and oxygen atoms in total. The van der Waals surface area contributed by atoms with Crippen LogP contribution in [0, 0.1) is 12.8 Å². The Morgan fingerprint density at radius 2 is 2.13 bits per heavy atom. The zero-order valence-electron chi connectivity index (χ0n) is 9.88. The van der Waals surface area contributed by atoms with E-state index in [9.17, 15) is 5.11 Å². The first kappa shape index (κ1) is 10.7. The molecule has 0 saturated heterocycles. The minimum atomic E-state index is -0.560. The van der Waals surface area contributed by atoms with Crippen molar-refractivity contribution in [3.05, 3.63) is 34.9 Å². The van der Waals surface area contributed by atoms with Crippen LogP contribution in [0.15, 0.2) is 18.2 Å². The summed E-state index contributed by atoms with van der Waals surface area (Å²) in [5, 5.41) is 10.6. The summed E-state index contributed by atoms with van der Waals surface area (Å²) in [6.07, 6.45) is 2.80. The van der Waals surface area contributed by atoms with E-state index in [-0.39, 0.29) is 0 Å². The Hall–Kier alpha value is -0.820. The quantitative estimate of drug-likeness (QED) is 0.784. The Balaban J connectivity index is 2.37. The fourth-order valence-corrected chi connectivity index (χ4v) is 2.71. The summed E-state index contributed by atoms with van der Waals surface area (Å²) in [6.45, 7) is 6.44. The minimum Gasteiger partial charge on any atom is -0.385 e. The molecule has 1 atom stereocenters. The van der Waals surface area contributed by atoms with Gasteiger partial charge in [-0.25, -0.2) is 0 Å². The van der Waals surface area contributed by atoms with Crippen molar-refractivity contribution in [2.75, 3.05) is 0 Å². The summed E-state index contributed by atoms with van der Waals surface area (Å²) in [7, 11) is 0. The first-order valence-electron chi connectivity index (χ1n) is 5.84. The van der Waals surface area contributed by atoms with Crippen LogP contribution in [0.1, 0.15) is 43.4 Å². The molecular weight excluding hydrogens is 184 g/mol. The van der Waals surface area contributed by atoms with E-state index < -0.39 is 5.60 Å². The molecule has 2 rings (SSSR count). The van der Waals surface area contributed by atoms with Gasteiger partial charge in [-0.1, -0.05) is 37.6 Å². The van der Waals surface area contributed by atoms with Crippen molar-refractivity contribution >= 4 is 0 Å². The summed E-state index contributed by atoms with van der Waals surface area (Å²) < 4.78 is 0. The predicted molar refractivity (Wildman–Crippen MR) is 62.9 cm³/mol. The van der Waals surface area contributed by atoms with Gasteiger partial charge >= 0.3 is 0 Å². The van der Waals surface area contributed by atoms with E-state index in [1.807, 2.05) is 0 Å². The van der Waals surface area contributed by atoms with Crippen molar-refractivity contribution in [3.63, 3.8) is 0 Å². The number of hydrogen-bond donors (Lipinski definition) is 1.